The minimum atomic E-state index is -1.04. The Bertz CT molecular complexity index is 714. The van der Waals surface area contributed by atoms with Crippen LogP contribution in [0.5, 0.6) is 0 Å². The highest BCUT2D eigenvalue weighted by atomic mass is 127. The van der Waals surface area contributed by atoms with E-state index in [1.54, 1.807) is 6.92 Å². The Morgan fingerprint density at radius 1 is 1.17 bits per heavy atom. The number of guanidine groups is 1. The number of aliphatic hydroxyl groups is 1. The number of rotatable bonds is 4. The van der Waals surface area contributed by atoms with E-state index in [1.807, 2.05) is 36.4 Å². The minimum absolute atomic E-state index is 0. The molecule has 3 rings (SSSR count). The van der Waals surface area contributed by atoms with Crippen LogP contribution >= 0.6 is 24.0 Å². The smallest absolute Gasteiger partial charge is 0.193 e. The zero-order chi connectivity index (χ0) is 16.3. The number of hydrogen-bond donors (Lipinski definition) is 3. The first kappa shape index (κ1) is 18.7. The Labute approximate surface area is 160 Å². The van der Waals surface area contributed by atoms with Gasteiger partial charge in [-0.3, -0.25) is 0 Å². The van der Waals surface area contributed by atoms with Gasteiger partial charge < -0.3 is 16.2 Å². The summed E-state index contributed by atoms with van der Waals surface area (Å²) in [6.07, 6.45) is 3.52. The maximum atomic E-state index is 10.5. The van der Waals surface area contributed by atoms with Crippen LogP contribution in [0.2, 0.25) is 0 Å². The Hall–Kier alpha value is -1.60. The van der Waals surface area contributed by atoms with Gasteiger partial charge in [0.25, 0.3) is 0 Å². The fraction of sp³-hybridized carbons (Fsp3) is 0.316. The molecule has 4 nitrogen and oxygen atoms in total. The normalized spacial score (nSPS) is 16.0. The molecule has 0 spiro atoms. The SMILES string of the molecule is CC(O)(CN=C(N)Nc1ccc2c(c1)CCC2)c1ccccc1.I. The predicted molar refractivity (Wildman–Crippen MR) is 110 cm³/mol. The summed E-state index contributed by atoms with van der Waals surface area (Å²) in [5.41, 5.74) is 9.52. The summed E-state index contributed by atoms with van der Waals surface area (Å²) in [7, 11) is 0. The van der Waals surface area contributed by atoms with Crippen molar-refractivity contribution in [1.82, 2.24) is 0 Å². The summed E-state index contributed by atoms with van der Waals surface area (Å²) in [5.74, 6) is 0.319. The van der Waals surface area contributed by atoms with Crippen molar-refractivity contribution in [3.8, 4) is 0 Å². The van der Waals surface area contributed by atoms with Gasteiger partial charge in [0.15, 0.2) is 5.96 Å². The summed E-state index contributed by atoms with van der Waals surface area (Å²) in [6, 6.07) is 15.8. The molecule has 24 heavy (non-hydrogen) atoms. The van der Waals surface area contributed by atoms with Gasteiger partial charge in [0.2, 0.25) is 0 Å². The summed E-state index contributed by atoms with van der Waals surface area (Å²) in [4.78, 5) is 4.29. The average molecular weight is 437 g/mol. The van der Waals surface area contributed by atoms with Gasteiger partial charge in [-0.15, -0.1) is 24.0 Å². The van der Waals surface area contributed by atoms with Gasteiger partial charge in [-0.05, 0) is 55.0 Å². The molecule has 1 unspecified atom stereocenters. The molecule has 0 radical (unpaired) electrons. The van der Waals surface area contributed by atoms with Crippen molar-refractivity contribution in [2.75, 3.05) is 11.9 Å². The van der Waals surface area contributed by atoms with Crippen molar-refractivity contribution < 1.29 is 5.11 Å². The molecule has 4 N–H and O–H groups in total. The molecule has 0 aliphatic heterocycles. The Balaban J connectivity index is 0.00000208. The van der Waals surface area contributed by atoms with Gasteiger partial charge in [0, 0.05) is 5.69 Å². The van der Waals surface area contributed by atoms with Crippen LogP contribution < -0.4 is 11.1 Å². The number of nitrogens with one attached hydrogen (secondary N) is 1. The first-order valence-corrected chi connectivity index (χ1v) is 8.01. The largest absolute Gasteiger partial charge is 0.384 e. The number of halogens is 1. The van der Waals surface area contributed by atoms with Crippen molar-refractivity contribution >= 4 is 35.6 Å². The molecule has 1 aliphatic carbocycles. The molecule has 0 heterocycles. The molecule has 2 aromatic carbocycles. The number of nitrogens with two attached hydrogens (primary N) is 1. The van der Waals surface area contributed by atoms with Crippen molar-refractivity contribution in [2.24, 2.45) is 10.7 Å². The fourth-order valence-corrected chi connectivity index (χ4v) is 2.96. The number of benzene rings is 2. The van der Waals surface area contributed by atoms with Crippen molar-refractivity contribution in [3.05, 3.63) is 65.2 Å². The third kappa shape index (κ3) is 4.48. The molecule has 1 atom stereocenters. The highest BCUT2D eigenvalue weighted by Gasteiger charge is 2.22. The first-order valence-electron chi connectivity index (χ1n) is 8.01. The summed E-state index contributed by atoms with van der Waals surface area (Å²) >= 11 is 0. The maximum Gasteiger partial charge on any atom is 0.193 e. The molecule has 0 saturated carbocycles. The Morgan fingerprint density at radius 3 is 2.62 bits per heavy atom. The fourth-order valence-electron chi connectivity index (χ4n) is 2.96. The van der Waals surface area contributed by atoms with Crippen molar-refractivity contribution in [1.29, 1.82) is 0 Å². The molecule has 0 bridgehead atoms. The standard InChI is InChI=1S/C19H23N3O.HI/c1-19(23,16-8-3-2-4-9-16)13-21-18(20)22-17-11-10-14-6-5-7-15(14)12-17;/h2-4,8-12,23H,5-7,13H2,1H3,(H3,20,21,22);1H. The molecule has 2 aromatic rings. The molecular formula is C19H24IN3O. The second-order valence-electron chi connectivity index (χ2n) is 6.30. The minimum Gasteiger partial charge on any atom is -0.384 e. The monoisotopic (exact) mass is 437 g/mol. The van der Waals surface area contributed by atoms with E-state index in [0.717, 1.165) is 17.7 Å². The van der Waals surface area contributed by atoms with E-state index in [4.69, 9.17) is 5.73 Å². The van der Waals surface area contributed by atoms with Gasteiger partial charge in [0.1, 0.15) is 5.60 Å². The van der Waals surface area contributed by atoms with Gasteiger partial charge in [-0.1, -0.05) is 36.4 Å². The molecule has 0 saturated heterocycles. The number of aliphatic imine (C=N–C) groups is 1. The second-order valence-corrected chi connectivity index (χ2v) is 6.30. The van der Waals surface area contributed by atoms with Crippen LogP contribution in [0.1, 0.15) is 30.0 Å². The van der Waals surface area contributed by atoms with E-state index in [2.05, 4.69) is 22.4 Å². The van der Waals surface area contributed by atoms with Gasteiger partial charge >= 0.3 is 0 Å². The molecule has 0 aromatic heterocycles. The number of aryl methyl sites for hydroxylation is 2. The number of fused-ring (bicyclic) bond motifs is 1. The van der Waals surface area contributed by atoms with Crippen LogP contribution in [-0.2, 0) is 18.4 Å². The number of anilines is 1. The lowest BCUT2D eigenvalue weighted by Gasteiger charge is -2.21. The quantitative estimate of drug-likeness (QED) is 0.390. The van der Waals surface area contributed by atoms with E-state index >= 15 is 0 Å². The molecule has 5 heteroatoms. The number of nitrogens with zero attached hydrogens (tertiary/aromatic N) is 1. The molecule has 1 aliphatic rings. The predicted octanol–water partition coefficient (Wildman–Crippen LogP) is 3.43. The summed E-state index contributed by atoms with van der Waals surface area (Å²) < 4.78 is 0. The second kappa shape index (κ2) is 7.98. The van der Waals surface area contributed by atoms with Crippen LogP contribution in [0.4, 0.5) is 5.69 Å². The van der Waals surface area contributed by atoms with E-state index < -0.39 is 5.60 Å². The van der Waals surface area contributed by atoms with Crippen LogP contribution in [0.25, 0.3) is 0 Å². The van der Waals surface area contributed by atoms with E-state index in [1.165, 1.54) is 24.0 Å². The first-order chi connectivity index (χ1) is 11.0. The molecule has 128 valence electrons. The topological polar surface area (TPSA) is 70.6 Å². The highest BCUT2D eigenvalue weighted by molar-refractivity contribution is 14.0. The average Bonchev–Trinajstić information content (AvgIpc) is 3.02. The summed E-state index contributed by atoms with van der Waals surface area (Å²) in [6.45, 7) is 1.95. The Kier molecular flexibility index (Phi) is 6.23. The maximum absolute atomic E-state index is 10.5. The zero-order valence-electron chi connectivity index (χ0n) is 13.8. The molecular weight excluding hydrogens is 413 g/mol. The van der Waals surface area contributed by atoms with Crippen LogP contribution in [0.15, 0.2) is 53.5 Å². The number of hydrogen-bond acceptors (Lipinski definition) is 2. The molecule has 0 fully saturated rings. The third-order valence-electron chi connectivity index (χ3n) is 4.32. The third-order valence-corrected chi connectivity index (χ3v) is 4.32. The molecule has 0 amide bonds. The summed E-state index contributed by atoms with van der Waals surface area (Å²) in [5, 5.41) is 13.6. The van der Waals surface area contributed by atoms with Gasteiger partial charge in [-0.2, -0.15) is 0 Å². The van der Waals surface area contributed by atoms with Crippen LogP contribution in [-0.4, -0.2) is 17.6 Å². The van der Waals surface area contributed by atoms with Gasteiger partial charge in [-0.25, -0.2) is 4.99 Å². The van der Waals surface area contributed by atoms with E-state index in [-0.39, 0.29) is 30.5 Å². The van der Waals surface area contributed by atoms with Crippen molar-refractivity contribution in [3.63, 3.8) is 0 Å². The van der Waals surface area contributed by atoms with Crippen LogP contribution in [0, 0.1) is 0 Å². The van der Waals surface area contributed by atoms with E-state index in [9.17, 15) is 5.11 Å². The lowest BCUT2D eigenvalue weighted by molar-refractivity contribution is 0.0674. The highest BCUT2D eigenvalue weighted by Crippen LogP contribution is 2.25. The van der Waals surface area contributed by atoms with Crippen LogP contribution in [0.3, 0.4) is 0 Å². The lowest BCUT2D eigenvalue weighted by Crippen LogP contribution is -2.29. The zero-order valence-corrected chi connectivity index (χ0v) is 16.2. The van der Waals surface area contributed by atoms with Gasteiger partial charge in [0.05, 0.1) is 6.54 Å². The lowest BCUT2D eigenvalue weighted by atomic mass is 9.96. The Morgan fingerprint density at radius 2 is 1.88 bits per heavy atom. The van der Waals surface area contributed by atoms with Crippen molar-refractivity contribution in [2.45, 2.75) is 31.8 Å². The van der Waals surface area contributed by atoms with E-state index in [0.29, 0.717) is 5.96 Å².